The van der Waals surface area contributed by atoms with Gasteiger partial charge in [-0.3, -0.25) is 19.4 Å². The van der Waals surface area contributed by atoms with Crippen molar-refractivity contribution in [2.24, 2.45) is 22.2 Å². The number of nitrogens with two attached hydrogens (primary N) is 3. The molecule has 11 N–H and O–H groups in total. The van der Waals surface area contributed by atoms with Crippen LogP contribution in [0.5, 0.6) is 0 Å². The molecule has 0 fully saturated rings. The number of carboxylic acid groups (broad SMARTS) is 1. The van der Waals surface area contributed by atoms with Crippen molar-refractivity contribution in [2.45, 2.75) is 37.4 Å². The SMILES string of the molecule is CSCCC(NC(=O)CN)C(=O)NC(CCCN=C(N)N)C(=O)NC(CO)C(=O)O. The Balaban J connectivity index is 5.30. The van der Waals surface area contributed by atoms with E-state index in [9.17, 15) is 19.2 Å². The highest BCUT2D eigenvalue weighted by Gasteiger charge is 2.28. The van der Waals surface area contributed by atoms with Gasteiger partial charge in [0.25, 0.3) is 0 Å². The number of nitrogens with one attached hydrogen (secondary N) is 3. The predicted molar refractivity (Wildman–Crippen MR) is 112 cm³/mol. The standard InChI is InChI=1S/C16H31N7O6S/c1-30-6-4-10(21-12(25)7-17)14(27)22-9(3-2-5-20-16(18)19)13(26)23-11(8-24)15(28)29/h9-11,24H,2-8,17H2,1H3,(H,21,25)(H,22,27)(H,23,26)(H,28,29)(H4,18,19,20). The predicted octanol–water partition coefficient (Wildman–Crippen LogP) is -3.72. The Morgan fingerprint density at radius 3 is 2.03 bits per heavy atom. The van der Waals surface area contributed by atoms with Gasteiger partial charge in [0.05, 0.1) is 13.2 Å². The van der Waals surface area contributed by atoms with Gasteiger partial charge >= 0.3 is 5.97 Å². The largest absolute Gasteiger partial charge is 0.480 e. The van der Waals surface area contributed by atoms with Gasteiger partial charge in [0.1, 0.15) is 18.1 Å². The summed E-state index contributed by atoms with van der Waals surface area (Å²) in [5.74, 6) is -2.95. The Bertz CT molecular complexity index is 615. The van der Waals surface area contributed by atoms with E-state index in [1.807, 2.05) is 6.26 Å². The number of thioether (sulfide) groups is 1. The molecule has 0 heterocycles. The van der Waals surface area contributed by atoms with Crippen molar-refractivity contribution in [1.82, 2.24) is 16.0 Å². The molecule has 0 aromatic rings. The number of aliphatic hydroxyl groups excluding tert-OH is 1. The molecule has 0 saturated carbocycles. The summed E-state index contributed by atoms with van der Waals surface area (Å²) < 4.78 is 0. The zero-order valence-electron chi connectivity index (χ0n) is 16.8. The molecule has 0 spiro atoms. The third-order valence-electron chi connectivity index (χ3n) is 3.82. The number of nitrogens with zero attached hydrogens (tertiary/aromatic N) is 1. The lowest BCUT2D eigenvalue weighted by Gasteiger charge is -2.24. The first kappa shape index (κ1) is 27.4. The lowest BCUT2D eigenvalue weighted by molar-refractivity contribution is -0.143. The summed E-state index contributed by atoms with van der Waals surface area (Å²) in [6.45, 7) is -0.939. The summed E-state index contributed by atoms with van der Waals surface area (Å²) in [5, 5.41) is 25.3. The van der Waals surface area contributed by atoms with Crippen LogP contribution in [-0.4, -0.2) is 89.7 Å². The maximum atomic E-state index is 12.7. The van der Waals surface area contributed by atoms with Gasteiger partial charge in [-0.1, -0.05) is 0 Å². The molecule has 172 valence electrons. The van der Waals surface area contributed by atoms with Crippen LogP contribution in [0.4, 0.5) is 0 Å². The van der Waals surface area contributed by atoms with Crippen LogP contribution in [0, 0.1) is 0 Å². The number of carbonyl (C=O) groups is 4. The number of amides is 3. The van der Waals surface area contributed by atoms with Crippen LogP contribution in [0.25, 0.3) is 0 Å². The van der Waals surface area contributed by atoms with Crippen molar-refractivity contribution in [1.29, 1.82) is 0 Å². The Kier molecular flexibility index (Phi) is 14.0. The van der Waals surface area contributed by atoms with Gasteiger partial charge in [-0.05, 0) is 31.3 Å². The first-order chi connectivity index (χ1) is 14.2. The second-order valence-electron chi connectivity index (χ2n) is 6.20. The first-order valence-corrected chi connectivity index (χ1v) is 10.5. The number of carbonyl (C=O) groups excluding carboxylic acids is 3. The van der Waals surface area contributed by atoms with Crippen LogP contribution in [0.2, 0.25) is 0 Å². The number of hydrogen-bond acceptors (Lipinski definition) is 8. The van der Waals surface area contributed by atoms with Crippen LogP contribution >= 0.6 is 11.8 Å². The summed E-state index contributed by atoms with van der Waals surface area (Å²) in [5.41, 5.74) is 15.8. The summed E-state index contributed by atoms with van der Waals surface area (Å²) in [6, 6.07) is -3.58. The highest BCUT2D eigenvalue weighted by Crippen LogP contribution is 2.05. The fourth-order valence-corrected chi connectivity index (χ4v) is 2.73. The van der Waals surface area contributed by atoms with E-state index in [0.717, 1.165) is 0 Å². The normalized spacial score (nSPS) is 13.4. The summed E-state index contributed by atoms with van der Waals surface area (Å²) >= 11 is 1.47. The van der Waals surface area contributed by atoms with E-state index in [2.05, 4.69) is 20.9 Å². The van der Waals surface area contributed by atoms with E-state index in [0.29, 0.717) is 18.6 Å². The minimum absolute atomic E-state index is 0.0895. The van der Waals surface area contributed by atoms with Crippen molar-refractivity contribution in [3.05, 3.63) is 0 Å². The Morgan fingerprint density at radius 2 is 1.57 bits per heavy atom. The zero-order chi connectivity index (χ0) is 23.1. The van der Waals surface area contributed by atoms with Crippen molar-refractivity contribution in [2.75, 3.05) is 31.7 Å². The van der Waals surface area contributed by atoms with Crippen LogP contribution in [0.3, 0.4) is 0 Å². The average molecular weight is 450 g/mol. The zero-order valence-corrected chi connectivity index (χ0v) is 17.6. The van der Waals surface area contributed by atoms with Crippen molar-refractivity contribution in [3.63, 3.8) is 0 Å². The molecule has 0 radical (unpaired) electrons. The molecule has 0 saturated heterocycles. The quantitative estimate of drug-likeness (QED) is 0.0691. The monoisotopic (exact) mass is 449 g/mol. The third-order valence-corrected chi connectivity index (χ3v) is 4.47. The molecule has 3 unspecified atom stereocenters. The minimum Gasteiger partial charge on any atom is -0.480 e. The summed E-state index contributed by atoms with van der Waals surface area (Å²) in [6.07, 6.45) is 2.53. The number of hydrogen-bond donors (Lipinski definition) is 8. The number of guanidine groups is 1. The smallest absolute Gasteiger partial charge is 0.328 e. The fourth-order valence-electron chi connectivity index (χ4n) is 2.26. The van der Waals surface area contributed by atoms with Gasteiger partial charge in [0, 0.05) is 6.54 Å². The molecular formula is C16H31N7O6S. The first-order valence-electron chi connectivity index (χ1n) is 9.14. The highest BCUT2D eigenvalue weighted by molar-refractivity contribution is 7.98. The van der Waals surface area contributed by atoms with Crippen LogP contribution < -0.4 is 33.2 Å². The molecule has 14 heteroatoms. The molecule has 0 aliphatic heterocycles. The lowest BCUT2D eigenvalue weighted by Crippen LogP contribution is -2.56. The molecule has 30 heavy (non-hydrogen) atoms. The van der Waals surface area contributed by atoms with Crippen molar-refractivity contribution in [3.8, 4) is 0 Å². The number of carboxylic acids is 1. The number of aliphatic hydroxyl groups is 1. The maximum absolute atomic E-state index is 12.7. The molecular weight excluding hydrogens is 418 g/mol. The number of rotatable bonds is 15. The van der Waals surface area contributed by atoms with E-state index in [1.165, 1.54) is 11.8 Å². The van der Waals surface area contributed by atoms with Crippen LogP contribution in [0.15, 0.2) is 4.99 Å². The molecule has 0 aromatic carbocycles. The Hall–Kier alpha value is -2.58. The van der Waals surface area contributed by atoms with E-state index in [1.54, 1.807) is 0 Å². The van der Waals surface area contributed by atoms with Gasteiger partial charge in [0.15, 0.2) is 5.96 Å². The van der Waals surface area contributed by atoms with E-state index in [4.69, 9.17) is 27.4 Å². The topological polar surface area (TPSA) is 235 Å². The molecule has 3 atom stereocenters. The van der Waals surface area contributed by atoms with Gasteiger partial charge in [-0.2, -0.15) is 11.8 Å². The van der Waals surface area contributed by atoms with Gasteiger partial charge in [-0.15, -0.1) is 0 Å². The number of aliphatic imine (C=N–C) groups is 1. The second kappa shape index (κ2) is 15.3. The minimum atomic E-state index is -1.53. The average Bonchev–Trinajstić information content (AvgIpc) is 2.70. The van der Waals surface area contributed by atoms with E-state index < -0.39 is 48.4 Å². The summed E-state index contributed by atoms with van der Waals surface area (Å²) in [7, 11) is 0. The molecule has 0 aliphatic rings. The lowest BCUT2D eigenvalue weighted by atomic mass is 10.1. The van der Waals surface area contributed by atoms with Crippen molar-refractivity contribution < 1.29 is 29.4 Å². The molecule has 0 rings (SSSR count). The molecule has 0 aromatic heterocycles. The second-order valence-corrected chi connectivity index (χ2v) is 7.18. The van der Waals surface area contributed by atoms with Gasteiger partial charge in [-0.25, -0.2) is 4.79 Å². The fraction of sp³-hybridized carbons (Fsp3) is 0.688. The molecule has 3 amide bonds. The van der Waals surface area contributed by atoms with Gasteiger partial charge in [0.2, 0.25) is 17.7 Å². The summed E-state index contributed by atoms with van der Waals surface area (Å²) in [4.78, 5) is 51.6. The maximum Gasteiger partial charge on any atom is 0.328 e. The van der Waals surface area contributed by atoms with Crippen LogP contribution in [0.1, 0.15) is 19.3 Å². The van der Waals surface area contributed by atoms with Crippen molar-refractivity contribution >= 4 is 41.4 Å². The van der Waals surface area contributed by atoms with Gasteiger partial charge < -0.3 is 43.4 Å². The molecule has 0 bridgehead atoms. The number of aliphatic carboxylic acids is 1. The molecule has 13 nitrogen and oxygen atoms in total. The Morgan fingerprint density at radius 1 is 1.00 bits per heavy atom. The van der Waals surface area contributed by atoms with Crippen LogP contribution in [-0.2, 0) is 19.2 Å². The highest BCUT2D eigenvalue weighted by atomic mass is 32.2. The van der Waals surface area contributed by atoms with E-state index >= 15 is 0 Å². The van der Waals surface area contributed by atoms with E-state index in [-0.39, 0.29) is 25.5 Å². The third kappa shape index (κ3) is 11.4. The Labute approximate surface area is 178 Å². The molecule has 0 aliphatic carbocycles.